The van der Waals surface area contributed by atoms with Crippen LogP contribution in [0.5, 0.6) is 11.5 Å². The van der Waals surface area contributed by atoms with Gasteiger partial charge >= 0.3 is 0 Å². The summed E-state index contributed by atoms with van der Waals surface area (Å²) in [5.41, 5.74) is 6.00. The van der Waals surface area contributed by atoms with Crippen LogP contribution in [0.4, 0.5) is 4.39 Å². The topological polar surface area (TPSA) is 68.3 Å². The second-order valence-corrected chi connectivity index (χ2v) is 4.62. The van der Waals surface area contributed by atoms with Gasteiger partial charge < -0.3 is 15.2 Å². The SMILES string of the molecule is N=C(N)c1ccc(OCCOc2ccc(F)c(Cl)c2)cc1. The molecule has 4 nitrogen and oxygen atoms in total. The minimum atomic E-state index is -0.481. The minimum absolute atomic E-state index is 0.0121. The van der Waals surface area contributed by atoms with Crippen LogP contribution in [0.1, 0.15) is 5.56 Å². The van der Waals surface area contributed by atoms with Crippen LogP contribution in [0.2, 0.25) is 5.02 Å². The van der Waals surface area contributed by atoms with Crippen LogP contribution in [0.15, 0.2) is 42.5 Å². The number of rotatable bonds is 6. The summed E-state index contributed by atoms with van der Waals surface area (Å²) in [4.78, 5) is 0. The zero-order valence-corrected chi connectivity index (χ0v) is 11.9. The van der Waals surface area contributed by atoms with E-state index in [1.807, 2.05) is 0 Å². The Labute approximate surface area is 126 Å². The number of nitrogens with one attached hydrogen (secondary N) is 1. The van der Waals surface area contributed by atoms with Gasteiger partial charge in [0.25, 0.3) is 0 Å². The van der Waals surface area contributed by atoms with E-state index in [4.69, 9.17) is 32.2 Å². The molecule has 6 heteroatoms. The Morgan fingerprint density at radius 2 is 1.62 bits per heavy atom. The summed E-state index contributed by atoms with van der Waals surface area (Å²) in [5, 5.41) is 7.30. The highest BCUT2D eigenvalue weighted by atomic mass is 35.5. The van der Waals surface area contributed by atoms with Gasteiger partial charge in [-0.3, -0.25) is 5.41 Å². The predicted octanol–water partition coefficient (Wildman–Crippen LogP) is 3.22. The average Bonchev–Trinajstić information content (AvgIpc) is 2.47. The fourth-order valence-corrected chi connectivity index (χ4v) is 1.79. The summed E-state index contributed by atoms with van der Waals surface area (Å²) in [6, 6.07) is 11.0. The first-order valence-corrected chi connectivity index (χ1v) is 6.59. The Balaban J connectivity index is 1.79. The van der Waals surface area contributed by atoms with Crippen molar-refractivity contribution >= 4 is 17.4 Å². The van der Waals surface area contributed by atoms with E-state index in [0.29, 0.717) is 30.3 Å². The van der Waals surface area contributed by atoms with Gasteiger partial charge in [-0.2, -0.15) is 0 Å². The Morgan fingerprint density at radius 3 is 2.19 bits per heavy atom. The first kappa shape index (κ1) is 15.1. The highest BCUT2D eigenvalue weighted by molar-refractivity contribution is 6.30. The molecule has 0 fully saturated rings. The molecule has 3 N–H and O–H groups in total. The molecule has 0 aliphatic heterocycles. The summed E-state index contributed by atoms with van der Waals surface area (Å²) in [5.74, 6) is 0.668. The number of ether oxygens (including phenoxy) is 2. The third-order valence-corrected chi connectivity index (χ3v) is 2.97. The Hall–Kier alpha value is -2.27. The second kappa shape index (κ2) is 6.95. The smallest absolute Gasteiger partial charge is 0.142 e. The summed E-state index contributed by atoms with van der Waals surface area (Å²) in [6.45, 7) is 0.630. The van der Waals surface area contributed by atoms with E-state index in [0.717, 1.165) is 0 Å². The lowest BCUT2D eigenvalue weighted by atomic mass is 10.2. The van der Waals surface area contributed by atoms with E-state index in [9.17, 15) is 4.39 Å². The van der Waals surface area contributed by atoms with Gasteiger partial charge in [0.2, 0.25) is 0 Å². The van der Waals surface area contributed by atoms with Gasteiger partial charge in [0, 0.05) is 11.6 Å². The van der Waals surface area contributed by atoms with Crippen molar-refractivity contribution in [3.63, 3.8) is 0 Å². The number of hydrogen-bond acceptors (Lipinski definition) is 3. The number of halogens is 2. The van der Waals surface area contributed by atoms with Crippen molar-refractivity contribution in [1.82, 2.24) is 0 Å². The molecule has 0 heterocycles. The monoisotopic (exact) mass is 308 g/mol. The Morgan fingerprint density at radius 1 is 1.05 bits per heavy atom. The maximum Gasteiger partial charge on any atom is 0.142 e. The molecule has 0 aliphatic rings. The highest BCUT2D eigenvalue weighted by Gasteiger charge is 2.02. The third-order valence-electron chi connectivity index (χ3n) is 2.68. The molecule has 0 aliphatic carbocycles. The van der Waals surface area contributed by atoms with Crippen molar-refractivity contribution in [1.29, 1.82) is 5.41 Å². The van der Waals surface area contributed by atoms with Gasteiger partial charge in [-0.15, -0.1) is 0 Å². The van der Waals surface area contributed by atoms with Crippen LogP contribution in [0.3, 0.4) is 0 Å². The van der Waals surface area contributed by atoms with E-state index >= 15 is 0 Å². The van der Waals surface area contributed by atoms with E-state index in [-0.39, 0.29) is 10.9 Å². The number of amidine groups is 1. The molecule has 0 radical (unpaired) electrons. The molecule has 0 unspecified atom stereocenters. The summed E-state index contributed by atoms with van der Waals surface area (Å²) in [6.07, 6.45) is 0. The fraction of sp³-hybridized carbons (Fsp3) is 0.133. The molecule has 2 rings (SSSR count). The predicted molar refractivity (Wildman–Crippen MR) is 79.9 cm³/mol. The number of benzene rings is 2. The molecule has 2 aromatic carbocycles. The first-order valence-electron chi connectivity index (χ1n) is 6.21. The van der Waals surface area contributed by atoms with Gasteiger partial charge in [-0.1, -0.05) is 11.6 Å². The van der Waals surface area contributed by atoms with Gasteiger partial charge in [0.15, 0.2) is 0 Å². The summed E-state index contributed by atoms with van der Waals surface area (Å²) < 4.78 is 23.8. The molecular weight excluding hydrogens is 295 g/mol. The lowest BCUT2D eigenvalue weighted by Gasteiger charge is -2.09. The maximum absolute atomic E-state index is 13.0. The third kappa shape index (κ3) is 4.36. The van der Waals surface area contributed by atoms with Crippen molar-refractivity contribution in [3.8, 4) is 11.5 Å². The molecule has 0 amide bonds. The fourth-order valence-electron chi connectivity index (χ4n) is 1.62. The van der Waals surface area contributed by atoms with Crippen molar-refractivity contribution in [2.75, 3.05) is 13.2 Å². The van der Waals surface area contributed by atoms with Crippen molar-refractivity contribution in [2.45, 2.75) is 0 Å². The van der Waals surface area contributed by atoms with Crippen LogP contribution in [-0.2, 0) is 0 Å². The van der Waals surface area contributed by atoms with Gasteiger partial charge in [-0.05, 0) is 36.4 Å². The van der Waals surface area contributed by atoms with Crippen molar-refractivity contribution in [2.24, 2.45) is 5.73 Å². The summed E-state index contributed by atoms with van der Waals surface area (Å²) in [7, 11) is 0. The van der Waals surface area contributed by atoms with Crippen LogP contribution in [0, 0.1) is 11.2 Å². The largest absolute Gasteiger partial charge is 0.490 e. The van der Waals surface area contributed by atoms with Crippen molar-refractivity contribution < 1.29 is 13.9 Å². The molecule has 0 saturated heterocycles. The van der Waals surface area contributed by atoms with E-state index in [1.165, 1.54) is 18.2 Å². The molecule has 0 aromatic heterocycles. The lowest BCUT2D eigenvalue weighted by molar-refractivity contribution is 0.217. The van der Waals surface area contributed by atoms with Gasteiger partial charge in [0.05, 0.1) is 5.02 Å². The number of nitrogen functional groups attached to an aromatic ring is 1. The second-order valence-electron chi connectivity index (χ2n) is 4.21. The molecule has 0 bridgehead atoms. The van der Waals surface area contributed by atoms with E-state index in [2.05, 4.69) is 0 Å². The highest BCUT2D eigenvalue weighted by Crippen LogP contribution is 2.21. The van der Waals surface area contributed by atoms with Crippen LogP contribution < -0.4 is 15.2 Å². The van der Waals surface area contributed by atoms with Crippen LogP contribution >= 0.6 is 11.6 Å². The van der Waals surface area contributed by atoms with Crippen molar-refractivity contribution in [3.05, 3.63) is 58.9 Å². The van der Waals surface area contributed by atoms with Crippen LogP contribution in [-0.4, -0.2) is 19.0 Å². The minimum Gasteiger partial charge on any atom is -0.490 e. The molecule has 0 spiro atoms. The Bertz CT molecular complexity index is 632. The molecule has 110 valence electrons. The lowest BCUT2D eigenvalue weighted by Crippen LogP contribution is -2.11. The van der Waals surface area contributed by atoms with E-state index < -0.39 is 5.82 Å². The maximum atomic E-state index is 13.0. The quantitative estimate of drug-likeness (QED) is 0.489. The standard InChI is InChI=1S/C15H14ClFN2O2/c16-13-9-12(5-6-14(13)17)21-8-7-20-11-3-1-10(2-4-11)15(18)19/h1-6,9H,7-8H2,(H3,18,19). The Kier molecular flexibility index (Phi) is 5.00. The molecule has 2 aromatic rings. The molecular formula is C15H14ClFN2O2. The van der Waals surface area contributed by atoms with Gasteiger partial charge in [-0.25, -0.2) is 4.39 Å². The molecule has 21 heavy (non-hydrogen) atoms. The molecule has 0 atom stereocenters. The number of nitrogens with two attached hydrogens (primary N) is 1. The molecule has 0 saturated carbocycles. The zero-order valence-electron chi connectivity index (χ0n) is 11.1. The van der Waals surface area contributed by atoms with E-state index in [1.54, 1.807) is 24.3 Å². The normalized spacial score (nSPS) is 10.2. The number of hydrogen-bond donors (Lipinski definition) is 2. The average molecular weight is 309 g/mol. The van der Waals surface area contributed by atoms with Crippen LogP contribution in [0.25, 0.3) is 0 Å². The zero-order chi connectivity index (χ0) is 15.2. The van der Waals surface area contributed by atoms with Gasteiger partial charge in [0.1, 0.15) is 36.4 Å². The first-order chi connectivity index (χ1) is 10.1. The summed E-state index contributed by atoms with van der Waals surface area (Å²) >= 11 is 5.65.